The first kappa shape index (κ1) is 15.8. The number of hydrogen-bond acceptors (Lipinski definition) is 2. The number of amides is 1. The van der Waals surface area contributed by atoms with E-state index in [9.17, 15) is 4.79 Å². The molecule has 1 N–H and O–H groups in total. The molecule has 0 saturated carbocycles. The van der Waals surface area contributed by atoms with Gasteiger partial charge in [-0.3, -0.25) is 4.79 Å². The molecule has 0 radical (unpaired) electrons. The highest BCUT2D eigenvalue weighted by atomic mass is 32.2. The minimum Gasteiger partial charge on any atom is -0.350 e. The van der Waals surface area contributed by atoms with Gasteiger partial charge >= 0.3 is 0 Å². The standard InChI is InChI=1S/C12H26N2OS/c1-5-8-14(7-3,9-6-2)10-11-16-12(15)13-4/h5-11H2,1-4H3/p+1. The maximum Gasteiger partial charge on any atom is 0.279 e. The van der Waals surface area contributed by atoms with E-state index in [4.69, 9.17) is 0 Å². The van der Waals surface area contributed by atoms with E-state index in [2.05, 4.69) is 26.1 Å². The van der Waals surface area contributed by atoms with Gasteiger partial charge in [0.15, 0.2) is 0 Å². The van der Waals surface area contributed by atoms with Crippen molar-refractivity contribution in [2.45, 2.75) is 33.6 Å². The summed E-state index contributed by atoms with van der Waals surface area (Å²) >= 11 is 1.40. The molecular formula is C12H27N2OS+. The highest BCUT2D eigenvalue weighted by molar-refractivity contribution is 8.13. The van der Waals surface area contributed by atoms with Crippen LogP contribution in [0.15, 0.2) is 0 Å². The molecule has 0 rings (SSSR count). The number of hydrogen-bond donors (Lipinski definition) is 1. The first-order chi connectivity index (χ1) is 7.64. The largest absolute Gasteiger partial charge is 0.350 e. The molecule has 0 aliphatic carbocycles. The molecule has 1 amide bonds. The second-order valence-corrected chi connectivity index (χ2v) is 5.28. The number of nitrogens with one attached hydrogen (secondary N) is 1. The molecule has 0 aromatic rings. The third kappa shape index (κ3) is 5.75. The Kier molecular flexibility index (Phi) is 8.76. The van der Waals surface area contributed by atoms with Gasteiger partial charge in [0, 0.05) is 7.05 Å². The predicted octanol–water partition coefficient (Wildman–Crippen LogP) is 2.72. The van der Waals surface area contributed by atoms with E-state index < -0.39 is 0 Å². The lowest BCUT2D eigenvalue weighted by atomic mass is 10.2. The normalized spacial score (nSPS) is 11.5. The van der Waals surface area contributed by atoms with Crippen LogP contribution in [0.3, 0.4) is 0 Å². The van der Waals surface area contributed by atoms with Crippen molar-refractivity contribution in [1.29, 1.82) is 0 Å². The maximum atomic E-state index is 11.1. The van der Waals surface area contributed by atoms with Crippen LogP contribution < -0.4 is 5.32 Å². The van der Waals surface area contributed by atoms with Crippen LogP contribution in [0.25, 0.3) is 0 Å². The summed E-state index contributed by atoms with van der Waals surface area (Å²) in [5, 5.41) is 2.74. The molecule has 0 unspecified atom stereocenters. The molecule has 0 aromatic carbocycles. The van der Waals surface area contributed by atoms with E-state index in [1.165, 1.54) is 44.2 Å². The van der Waals surface area contributed by atoms with Crippen molar-refractivity contribution in [3.8, 4) is 0 Å². The average molecular weight is 247 g/mol. The zero-order valence-electron chi connectivity index (χ0n) is 11.2. The number of carbonyl (C=O) groups is 1. The third-order valence-electron chi connectivity index (χ3n) is 3.07. The van der Waals surface area contributed by atoms with Crippen molar-refractivity contribution in [3.05, 3.63) is 0 Å². The number of quaternary nitrogens is 1. The molecule has 0 bridgehead atoms. The Morgan fingerprint density at radius 3 is 2.06 bits per heavy atom. The molecule has 16 heavy (non-hydrogen) atoms. The van der Waals surface area contributed by atoms with Crippen LogP contribution in [0.5, 0.6) is 0 Å². The summed E-state index contributed by atoms with van der Waals surface area (Å²) in [6.07, 6.45) is 2.44. The summed E-state index contributed by atoms with van der Waals surface area (Å²) in [6, 6.07) is 0. The topological polar surface area (TPSA) is 29.1 Å². The van der Waals surface area contributed by atoms with Crippen molar-refractivity contribution >= 4 is 17.0 Å². The molecule has 0 fully saturated rings. The maximum absolute atomic E-state index is 11.1. The van der Waals surface area contributed by atoms with E-state index in [-0.39, 0.29) is 5.24 Å². The van der Waals surface area contributed by atoms with Gasteiger partial charge in [-0.25, -0.2) is 0 Å². The van der Waals surface area contributed by atoms with Gasteiger partial charge in [0.2, 0.25) is 0 Å². The Morgan fingerprint density at radius 2 is 1.69 bits per heavy atom. The average Bonchev–Trinajstić information content (AvgIpc) is 2.29. The van der Waals surface area contributed by atoms with E-state index in [1.807, 2.05) is 0 Å². The Labute approximate surface area is 105 Å². The molecule has 0 aliphatic heterocycles. The smallest absolute Gasteiger partial charge is 0.279 e. The van der Waals surface area contributed by atoms with Gasteiger partial charge < -0.3 is 9.80 Å². The van der Waals surface area contributed by atoms with Gasteiger partial charge in [-0.05, 0) is 19.8 Å². The number of carbonyl (C=O) groups excluding carboxylic acids is 1. The van der Waals surface area contributed by atoms with E-state index in [0.29, 0.717) is 0 Å². The highest BCUT2D eigenvalue weighted by Gasteiger charge is 2.23. The lowest BCUT2D eigenvalue weighted by Gasteiger charge is -2.37. The fraction of sp³-hybridized carbons (Fsp3) is 0.917. The van der Waals surface area contributed by atoms with Gasteiger partial charge in [0.1, 0.15) is 0 Å². The summed E-state index contributed by atoms with van der Waals surface area (Å²) in [5.74, 6) is 0.924. The van der Waals surface area contributed by atoms with Gasteiger partial charge in [-0.15, -0.1) is 0 Å². The van der Waals surface area contributed by atoms with Crippen LogP contribution in [0, 0.1) is 0 Å². The molecule has 96 valence electrons. The number of rotatable bonds is 8. The Bertz CT molecular complexity index is 191. The van der Waals surface area contributed by atoms with Crippen molar-refractivity contribution in [2.75, 3.05) is 39.0 Å². The minimum atomic E-state index is 0.0854. The monoisotopic (exact) mass is 247 g/mol. The second kappa shape index (κ2) is 8.88. The first-order valence-electron chi connectivity index (χ1n) is 6.33. The fourth-order valence-electron chi connectivity index (χ4n) is 2.16. The lowest BCUT2D eigenvalue weighted by molar-refractivity contribution is -0.924. The van der Waals surface area contributed by atoms with E-state index in [1.54, 1.807) is 7.05 Å². The van der Waals surface area contributed by atoms with Crippen molar-refractivity contribution < 1.29 is 9.28 Å². The van der Waals surface area contributed by atoms with Crippen LogP contribution in [0.1, 0.15) is 33.6 Å². The molecule has 0 spiro atoms. The number of nitrogens with zero attached hydrogens (tertiary/aromatic N) is 1. The summed E-state index contributed by atoms with van der Waals surface area (Å²) in [5.41, 5.74) is 0. The van der Waals surface area contributed by atoms with Crippen LogP contribution >= 0.6 is 11.8 Å². The molecule has 0 heterocycles. The third-order valence-corrected chi connectivity index (χ3v) is 3.92. The quantitative estimate of drug-likeness (QED) is 0.668. The zero-order valence-corrected chi connectivity index (χ0v) is 12.0. The lowest BCUT2D eigenvalue weighted by Crippen LogP contribution is -2.50. The van der Waals surface area contributed by atoms with Crippen LogP contribution in [-0.2, 0) is 0 Å². The van der Waals surface area contributed by atoms with Gasteiger partial charge in [-0.1, -0.05) is 25.6 Å². The molecule has 0 saturated heterocycles. The predicted molar refractivity (Wildman–Crippen MR) is 72.9 cm³/mol. The fourth-order valence-corrected chi connectivity index (χ4v) is 2.97. The Balaban J connectivity index is 4.13. The summed E-state index contributed by atoms with van der Waals surface area (Å²) < 4.78 is 1.16. The highest BCUT2D eigenvalue weighted by Crippen LogP contribution is 2.13. The summed E-state index contributed by atoms with van der Waals surface area (Å²) in [6.45, 7) is 11.5. The first-order valence-corrected chi connectivity index (χ1v) is 7.32. The molecule has 4 heteroatoms. The van der Waals surface area contributed by atoms with Gasteiger partial charge in [0.25, 0.3) is 5.24 Å². The molecule has 3 nitrogen and oxygen atoms in total. The Hall–Kier alpha value is -0.220. The molecule has 0 atom stereocenters. The van der Waals surface area contributed by atoms with Gasteiger partial charge in [0.05, 0.1) is 31.9 Å². The van der Waals surface area contributed by atoms with Crippen molar-refractivity contribution in [2.24, 2.45) is 0 Å². The zero-order chi connectivity index (χ0) is 12.4. The van der Waals surface area contributed by atoms with Crippen LogP contribution in [0.4, 0.5) is 4.79 Å². The van der Waals surface area contributed by atoms with Crippen molar-refractivity contribution in [3.63, 3.8) is 0 Å². The van der Waals surface area contributed by atoms with E-state index >= 15 is 0 Å². The minimum absolute atomic E-state index is 0.0854. The molecular weight excluding hydrogens is 220 g/mol. The summed E-state index contributed by atoms with van der Waals surface area (Å²) in [4.78, 5) is 11.1. The molecule has 0 aliphatic rings. The van der Waals surface area contributed by atoms with E-state index in [0.717, 1.165) is 16.8 Å². The van der Waals surface area contributed by atoms with Gasteiger partial charge in [-0.2, -0.15) is 0 Å². The second-order valence-electron chi connectivity index (χ2n) is 4.21. The molecule has 0 aromatic heterocycles. The SMILES string of the molecule is CCC[N+](CC)(CCC)CCSC(=O)NC. The van der Waals surface area contributed by atoms with Crippen LogP contribution in [0.2, 0.25) is 0 Å². The summed E-state index contributed by atoms with van der Waals surface area (Å²) in [7, 11) is 1.69. The van der Waals surface area contributed by atoms with Crippen molar-refractivity contribution in [1.82, 2.24) is 5.32 Å². The Morgan fingerprint density at radius 1 is 1.12 bits per heavy atom. The number of thioether (sulfide) groups is 1. The van der Waals surface area contributed by atoms with Crippen LogP contribution in [-0.4, -0.2) is 48.7 Å².